The standard InChI is InChI=1S/C11H20N2O3/c1-2-3-5-12-11-13-6-4-9(14)10(15)8(13)7-16-11/h8-10,14-15H,2-7H2,1H3. The van der Waals surface area contributed by atoms with Crippen molar-refractivity contribution in [2.24, 2.45) is 4.99 Å². The van der Waals surface area contributed by atoms with Gasteiger partial charge in [0.25, 0.3) is 6.02 Å². The van der Waals surface area contributed by atoms with Crippen molar-refractivity contribution in [3.63, 3.8) is 0 Å². The van der Waals surface area contributed by atoms with Gasteiger partial charge in [0, 0.05) is 13.1 Å². The topological polar surface area (TPSA) is 65.3 Å². The summed E-state index contributed by atoms with van der Waals surface area (Å²) in [5.74, 6) is 0. The Morgan fingerprint density at radius 1 is 1.50 bits per heavy atom. The molecular weight excluding hydrogens is 208 g/mol. The summed E-state index contributed by atoms with van der Waals surface area (Å²) in [7, 11) is 0. The molecule has 3 unspecified atom stereocenters. The van der Waals surface area contributed by atoms with Gasteiger partial charge in [-0.3, -0.25) is 0 Å². The fourth-order valence-electron chi connectivity index (χ4n) is 2.19. The van der Waals surface area contributed by atoms with E-state index >= 15 is 0 Å². The van der Waals surface area contributed by atoms with Gasteiger partial charge in [0.2, 0.25) is 0 Å². The molecule has 0 aromatic heterocycles. The number of hydrogen-bond acceptors (Lipinski definition) is 4. The van der Waals surface area contributed by atoms with Gasteiger partial charge in [-0.2, -0.15) is 0 Å². The van der Waals surface area contributed by atoms with Gasteiger partial charge in [-0.15, -0.1) is 0 Å². The Kier molecular flexibility index (Phi) is 3.66. The van der Waals surface area contributed by atoms with Crippen molar-refractivity contribution in [2.45, 2.75) is 44.4 Å². The molecule has 0 bridgehead atoms. The highest BCUT2D eigenvalue weighted by Gasteiger charge is 2.42. The van der Waals surface area contributed by atoms with Crippen molar-refractivity contribution in [3.05, 3.63) is 0 Å². The third kappa shape index (κ3) is 2.15. The van der Waals surface area contributed by atoms with Crippen LogP contribution in [0.2, 0.25) is 0 Å². The Morgan fingerprint density at radius 3 is 3.06 bits per heavy atom. The normalized spacial score (nSPS) is 36.3. The molecule has 0 spiro atoms. The van der Waals surface area contributed by atoms with Crippen LogP contribution in [0.1, 0.15) is 26.2 Å². The second kappa shape index (κ2) is 5.01. The third-order valence-electron chi connectivity index (χ3n) is 3.24. The molecule has 0 saturated carbocycles. The number of aliphatic imine (C=N–C) groups is 1. The number of aliphatic hydroxyl groups is 2. The minimum Gasteiger partial charge on any atom is -0.463 e. The molecule has 2 fully saturated rings. The third-order valence-corrected chi connectivity index (χ3v) is 3.24. The number of ether oxygens (including phenoxy) is 1. The molecule has 0 aromatic rings. The van der Waals surface area contributed by atoms with E-state index in [4.69, 9.17) is 4.74 Å². The zero-order chi connectivity index (χ0) is 11.5. The summed E-state index contributed by atoms with van der Waals surface area (Å²) in [5.41, 5.74) is 0. The lowest BCUT2D eigenvalue weighted by molar-refractivity contribution is -0.0506. The van der Waals surface area contributed by atoms with Crippen LogP contribution in [-0.2, 0) is 4.74 Å². The number of rotatable bonds is 3. The first-order valence-electron chi connectivity index (χ1n) is 6.04. The molecule has 2 heterocycles. The summed E-state index contributed by atoms with van der Waals surface area (Å²) in [4.78, 5) is 6.36. The molecule has 5 heteroatoms. The molecule has 2 aliphatic rings. The van der Waals surface area contributed by atoms with E-state index in [1.54, 1.807) is 0 Å². The molecule has 2 N–H and O–H groups in total. The highest BCUT2D eigenvalue weighted by molar-refractivity contribution is 5.76. The Hall–Kier alpha value is -0.810. The molecule has 3 atom stereocenters. The Balaban J connectivity index is 1.98. The largest absolute Gasteiger partial charge is 0.463 e. The monoisotopic (exact) mass is 228 g/mol. The summed E-state index contributed by atoms with van der Waals surface area (Å²) in [5, 5.41) is 19.4. The van der Waals surface area contributed by atoms with E-state index in [0.717, 1.165) is 19.4 Å². The summed E-state index contributed by atoms with van der Waals surface area (Å²) < 4.78 is 5.47. The van der Waals surface area contributed by atoms with Crippen molar-refractivity contribution < 1.29 is 14.9 Å². The van der Waals surface area contributed by atoms with Gasteiger partial charge in [0.1, 0.15) is 12.7 Å². The maximum Gasteiger partial charge on any atom is 0.287 e. The number of fused-ring (bicyclic) bond motifs is 1. The van der Waals surface area contributed by atoms with Crippen LogP contribution in [0.25, 0.3) is 0 Å². The van der Waals surface area contributed by atoms with Crippen molar-refractivity contribution in [2.75, 3.05) is 19.7 Å². The molecule has 2 aliphatic heterocycles. The summed E-state index contributed by atoms with van der Waals surface area (Å²) in [6.45, 7) is 4.05. The lowest BCUT2D eigenvalue weighted by Crippen LogP contribution is -2.53. The van der Waals surface area contributed by atoms with E-state index in [-0.39, 0.29) is 6.04 Å². The van der Waals surface area contributed by atoms with Gasteiger partial charge in [-0.25, -0.2) is 4.99 Å². The van der Waals surface area contributed by atoms with Crippen LogP contribution in [0.4, 0.5) is 0 Å². The lowest BCUT2D eigenvalue weighted by Gasteiger charge is -2.35. The second-order valence-electron chi connectivity index (χ2n) is 4.44. The highest BCUT2D eigenvalue weighted by Crippen LogP contribution is 2.24. The van der Waals surface area contributed by atoms with E-state index < -0.39 is 12.2 Å². The minimum absolute atomic E-state index is 0.121. The number of unbranched alkanes of at least 4 members (excludes halogenated alkanes) is 1. The summed E-state index contributed by atoms with van der Waals surface area (Å²) in [6, 6.07) is 0.522. The fraction of sp³-hybridized carbons (Fsp3) is 0.909. The van der Waals surface area contributed by atoms with E-state index in [1.807, 2.05) is 4.90 Å². The maximum absolute atomic E-state index is 9.81. The van der Waals surface area contributed by atoms with Crippen LogP contribution in [-0.4, -0.2) is 59.1 Å². The van der Waals surface area contributed by atoms with Crippen molar-refractivity contribution >= 4 is 6.02 Å². The van der Waals surface area contributed by atoms with Crippen molar-refractivity contribution in [1.29, 1.82) is 0 Å². The molecule has 0 amide bonds. The smallest absolute Gasteiger partial charge is 0.287 e. The molecule has 0 radical (unpaired) electrons. The minimum atomic E-state index is -0.715. The molecule has 2 saturated heterocycles. The first-order chi connectivity index (χ1) is 7.74. The van der Waals surface area contributed by atoms with Crippen LogP contribution in [0.3, 0.4) is 0 Å². The van der Waals surface area contributed by atoms with E-state index in [9.17, 15) is 10.2 Å². The molecule has 0 aliphatic carbocycles. The molecule has 92 valence electrons. The number of amidine groups is 1. The van der Waals surface area contributed by atoms with E-state index in [2.05, 4.69) is 11.9 Å². The molecule has 5 nitrogen and oxygen atoms in total. The Labute approximate surface area is 95.7 Å². The predicted octanol–water partition coefficient (Wildman–Crippen LogP) is -0.0312. The van der Waals surface area contributed by atoms with Crippen LogP contribution >= 0.6 is 0 Å². The van der Waals surface area contributed by atoms with Crippen LogP contribution in [0.5, 0.6) is 0 Å². The van der Waals surface area contributed by atoms with Gasteiger partial charge in [-0.05, 0) is 12.8 Å². The SMILES string of the molecule is CCCCN=C1OCC2C(O)C(O)CCN12. The first kappa shape index (κ1) is 11.7. The number of piperidine rings is 1. The van der Waals surface area contributed by atoms with Gasteiger partial charge in [-0.1, -0.05) is 13.3 Å². The van der Waals surface area contributed by atoms with Gasteiger partial charge in [0.05, 0.1) is 12.1 Å². The molecule has 16 heavy (non-hydrogen) atoms. The fourth-order valence-corrected chi connectivity index (χ4v) is 2.19. The number of aliphatic hydroxyl groups excluding tert-OH is 2. The van der Waals surface area contributed by atoms with Gasteiger partial charge >= 0.3 is 0 Å². The van der Waals surface area contributed by atoms with E-state index in [1.165, 1.54) is 0 Å². The average Bonchev–Trinajstić information content (AvgIpc) is 2.68. The summed E-state index contributed by atoms with van der Waals surface area (Å²) in [6.07, 6.45) is 1.40. The van der Waals surface area contributed by atoms with Crippen LogP contribution in [0, 0.1) is 0 Å². The number of hydrogen-bond donors (Lipinski definition) is 2. The summed E-state index contributed by atoms with van der Waals surface area (Å²) >= 11 is 0. The van der Waals surface area contributed by atoms with Crippen LogP contribution < -0.4 is 0 Å². The predicted molar refractivity (Wildman–Crippen MR) is 60.3 cm³/mol. The van der Waals surface area contributed by atoms with Crippen molar-refractivity contribution in [3.8, 4) is 0 Å². The molecule has 0 aromatic carbocycles. The lowest BCUT2D eigenvalue weighted by atomic mass is 9.98. The maximum atomic E-state index is 9.81. The molecular formula is C11H20N2O3. The van der Waals surface area contributed by atoms with Crippen LogP contribution in [0.15, 0.2) is 4.99 Å². The van der Waals surface area contributed by atoms with Gasteiger partial charge in [0.15, 0.2) is 0 Å². The quantitative estimate of drug-likeness (QED) is 0.666. The zero-order valence-electron chi connectivity index (χ0n) is 9.67. The second-order valence-corrected chi connectivity index (χ2v) is 4.44. The van der Waals surface area contributed by atoms with Crippen molar-refractivity contribution in [1.82, 2.24) is 4.90 Å². The van der Waals surface area contributed by atoms with Gasteiger partial charge < -0.3 is 19.8 Å². The zero-order valence-corrected chi connectivity index (χ0v) is 9.67. The molecule has 2 rings (SSSR count). The highest BCUT2D eigenvalue weighted by atomic mass is 16.5. The average molecular weight is 228 g/mol. The Morgan fingerprint density at radius 2 is 2.31 bits per heavy atom. The Bertz CT molecular complexity index is 270. The van der Waals surface area contributed by atoms with E-state index in [0.29, 0.717) is 25.6 Å². The number of nitrogens with zero attached hydrogens (tertiary/aromatic N) is 2. The first-order valence-corrected chi connectivity index (χ1v) is 6.04.